The van der Waals surface area contributed by atoms with Crippen molar-refractivity contribution < 1.29 is 13.2 Å². The summed E-state index contributed by atoms with van der Waals surface area (Å²) in [6, 6.07) is 0. The zero-order chi connectivity index (χ0) is 8.65. The van der Waals surface area contributed by atoms with Crippen LogP contribution in [0, 0.1) is 11.8 Å². The topological polar surface area (TPSA) is 3.24 Å². The predicted molar refractivity (Wildman–Crippen MR) is 36.2 cm³/mol. The summed E-state index contributed by atoms with van der Waals surface area (Å²) in [5, 5.41) is 0. The normalized spacial score (nSPS) is 34.6. The zero-order valence-electron chi connectivity index (χ0n) is 6.65. The van der Waals surface area contributed by atoms with Crippen LogP contribution in [0.1, 0.15) is 6.92 Å². The van der Waals surface area contributed by atoms with E-state index in [1.807, 2.05) is 0 Å². The van der Waals surface area contributed by atoms with Crippen LogP contribution < -0.4 is 0 Å². The van der Waals surface area contributed by atoms with Gasteiger partial charge in [0.1, 0.15) is 0 Å². The molecule has 1 aliphatic heterocycles. The first kappa shape index (κ1) is 8.84. The number of likely N-dealkylation sites (tertiary alicyclic amines) is 1. The molecule has 0 unspecified atom stereocenters. The average molecular weight is 167 g/mol. The van der Waals surface area contributed by atoms with Gasteiger partial charge in [0.2, 0.25) is 0 Å². The maximum atomic E-state index is 12.2. The van der Waals surface area contributed by atoms with E-state index in [9.17, 15) is 13.2 Å². The molecule has 2 atom stereocenters. The average Bonchev–Trinajstić information content (AvgIpc) is 2.08. The lowest BCUT2D eigenvalue weighted by molar-refractivity contribution is -0.178. The fourth-order valence-electron chi connectivity index (χ4n) is 1.64. The van der Waals surface area contributed by atoms with E-state index in [2.05, 4.69) is 0 Å². The molecule has 0 saturated carbocycles. The van der Waals surface area contributed by atoms with Crippen LogP contribution in [0.4, 0.5) is 13.2 Å². The highest BCUT2D eigenvalue weighted by molar-refractivity contribution is 4.83. The van der Waals surface area contributed by atoms with Crippen molar-refractivity contribution in [2.24, 2.45) is 11.8 Å². The minimum Gasteiger partial charge on any atom is -0.305 e. The molecule has 0 N–H and O–H groups in total. The smallest absolute Gasteiger partial charge is 0.305 e. The molecule has 0 spiro atoms. The van der Waals surface area contributed by atoms with Crippen LogP contribution >= 0.6 is 0 Å². The van der Waals surface area contributed by atoms with Gasteiger partial charge in [0, 0.05) is 13.1 Å². The van der Waals surface area contributed by atoms with E-state index in [1.165, 1.54) is 0 Å². The third kappa shape index (κ3) is 1.86. The first-order valence-electron chi connectivity index (χ1n) is 3.66. The van der Waals surface area contributed by atoms with Gasteiger partial charge in [0.15, 0.2) is 0 Å². The molecule has 0 radical (unpaired) electrons. The van der Waals surface area contributed by atoms with E-state index >= 15 is 0 Å². The molecule has 4 heteroatoms. The summed E-state index contributed by atoms with van der Waals surface area (Å²) in [6.45, 7) is 2.37. The molecule has 0 aromatic rings. The molecule has 1 rings (SSSR count). The van der Waals surface area contributed by atoms with Crippen LogP contribution in [0.15, 0.2) is 0 Å². The van der Waals surface area contributed by atoms with E-state index in [1.54, 1.807) is 18.9 Å². The summed E-state index contributed by atoms with van der Waals surface area (Å²) in [5.41, 5.74) is 0. The van der Waals surface area contributed by atoms with Gasteiger partial charge in [-0.3, -0.25) is 0 Å². The lowest BCUT2D eigenvalue weighted by Crippen LogP contribution is -2.28. The largest absolute Gasteiger partial charge is 0.393 e. The number of hydrogen-bond donors (Lipinski definition) is 0. The molecule has 66 valence electrons. The van der Waals surface area contributed by atoms with Gasteiger partial charge in [-0.05, 0) is 13.0 Å². The summed E-state index contributed by atoms with van der Waals surface area (Å²) in [6.07, 6.45) is -4.01. The van der Waals surface area contributed by atoms with E-state index in [-0.39, 0.29) is 12.5 Å². The summed E-state index contributed by atoms with van der Waals surface area (Å²) in [5.74, 6) is -1.37. The maximum absolute atomic E-state index is 12.2. The van der Waals surface area contributed by atoms with E-state index in [0.717, 1.165) is 0 Å². The minimum atomic E-state index is -4.01. The van der Waals surface area contributed by atoms with Crippen LogP contribution in [-0.4, -0.2) is 31.2 Å². The van der Waals surface area contributed by atoms with E-state index < -0.39 is 12.1 Å². The van der Waals surface area contributed by atoms with Crippen molar-refractivity contribution in [3.8, 4) is 0 Å². The summed E-state index contributed by atoms with van der Waals surface area (Å²) < 4.78 is 36.5. The molecule has 0 aromatic carbocycles. The van der Waals surface area contributed by atoms with Crippen molar-refractivity contribution in [1.29, 1.82) is 0 Å². The second kappa shape index (κ2) is 2.66. The summed E-state index contributed by atoms with van der Waals surface area (Å²) >= 11 is 0. The van der Waals surface area contributed by atoms with E-state index in [4.69, 9.17) is 0 Å². The molecular weight excluding hydrogens is 155 g/mol. The SMILES string of the molecule is C[C@@H]1CN(C)C[C@H]1C(F)(F)F. The number of rotatable bonds is 0. The predicted octanol–water partition coefficient (Wildman–Crippen LogP) is 1.75. The Morgan fingerprint density at radius 1 is 1.27 bits per heavy atom. The zero-order valence-corrected chi connectivity index (χ0v) is 6.65. The highest BCUT2D eigenvalue weighted by Gasteiger charge is 2.46. The van der Waals surface area contributed by atoms with Crippen molar-refractivity contribution in [2.75, 3.05) is 20.1 Å². The number of hydrogen-bond acceptors (Lipinski definition) is 1. The minimum absolute atomic E-state index is 0.157. The fraction of sp³-hybridized carbons (Fsp3) is 1.00. The van der Waals surface area contributed by atoms with E-state index in [0.29, 0.717) is 6.54 Å². The van der Waals surface area contributed by atoms with Crippen LogP contribution in [0.3, 0.4) is 0 Å². The molecule has 1 fully saturated rings. The molecule has 1 heterocycles. The lowest BCUT2D eigenvalue weighted by atomic mass is 9.98. The number of alkyl halides is 3. The van der Waals surface area contributed by atoms with Crippen molar-refractivity contribution in [3.05, 3.63) is 0 Å². The van der Waals surface area contributed by atoms with Crippen molar-refractivity contribution >= 4 is 0 Å². The van der Waals surface area contributed by atoms with Crippen molar-refractivity contribution in [1.82, 2.24) is 4.90 Å². The maximum Gasteiger partial charge on any atom is 0.393 e. The van der Waals surface area contributed by atoms with Gasteiger partial charge in [0.05, 0.1) is 5.92 Å². The number of halogens is 3. The molecule has 0 amide bonds. The Hall–Kier alpha value is -0.250. The quantitative estimate of drug-likeness (QED) is 0.531. The third-order valence-corrected chi connectivity index (χ3v) is 2.22. The fourth-order valence-corrected chi connectivity index (χ4v) is 1.64. The molecule has 0 aromatic heterocycles. The molecule has 1 nitrogen and oxygen atoms in total. The Morgan fingerprint density at radius 3 is 2.00 bits per heavy atom. The Labute approximate surface area is 64.2 Å². The standard InChI is InChI=1S/C7H12F3N/c1-5-3-11(2)4-6(5)7(8,9)10/h5-6H,3-4H2,1-2H3/t5-,6-/m1/s1. The van der Waals surface area contributed by atoms with Gasteiger partial charge in [0.25, 0.3) is 0 Å². The Morgan fingerprint density at radius 2 is 1.82 bits per heavy atom. The first-order valence-corrected chi connectivity index (χ1v) is 3.66. The van der Waals surface area contributed by atoms with Crippen LogP contribution in [-0.2, 0) is 0 Å². The number of nitrogens with zero attached hydrogens (tertiary/aromatic N) is 1. The Balaban J connectivity index is 2.60. The monoisotopic (exact) mass is 167 g/mol. The van der Waals surface area contributed by atoms with Crippen LogP contribution in [0.5, 0.6) is 0 Å². The van der Waals surface area contributed by atoms with Gasteiger partial charge in [-0.2, -0.15) is 13.2 Å². The molecular formula is C7H12F3N. The Bertz CT molecular complexity index is 143. The van der Waals surface area contributed by atoms with Crippen molar-refractivity contribution in [3.63, 3.8) is 0 Å². The summed E-state index contributed by atoms with van der Waals surface area (Å²) in [4.78, 5) is 1.73. The molecule has 11 heavy (non-hydrogen) atoms. The molecule has 1 saturated heterocycles. The van der Waals surface area contributed by atoms with Crippen molar-refractivity contribution in [2.45, 2.75) is 13.1 Å². The van der Waals surface area contributed by atoms with Gasteiger partial charge >= 0.3 is 6.18 Å². The second-order valence-corrected chi connectivity index (χ2v) is 3.35. The Kier molecular flexibility index (Phi) is 2.14. The van der Waals surface area contributed by atoms with Gasteiger partial charge in [-0.15, -0.1) is 0 Å². The lowest BCUT2D eigenvalue weighted by Gasteiger charge is -2.17. The van der Waals surface area contributed by atoms with Gasteiger partial charge in [-0.25, -0.2) is 0 Å². The molecule has 1 aliphatic rings. The highest BCUT2D eigenvalue weighted by Crippen LogP contribution is 2.36. The summed E-state index contributed by atoms with van der Waals surface area (Å²) in [7, 11) is 1.72. The van der Waals surface area contributed by atoms with Crippen LogP contribution in [0.25, 0.3) is 0 Å². The van der Waals surface area contributed by atoms with Gasteiger partial charge < -0.3 is 4.90 Å². The molecule has 0 aliphatic carbocycles. The highest BCUT2D eigenvalue weighted by atomic mass is 19.4. The van der Waals surface area contributed by atoms with Crippen LogP contribution in [0.2, 0.25) is 0 Å². The third-order valence-electron chi connectivity index (χ3n) is 2.22. The second-order valence-electron chi connectivity index (χ2n) is 3.35. The van der Waals surface area contributed by atoms with Gasteiger partial charge in [-0.1, -0.05) is 6.92 Å². The first-order chi connectivity index (χ1) is 4.91. The molecule has 0 bridgehead atoms.